The first kappa shape index (κ1) is 41.3. The van der Waals surface area contributed by atoms with E-state index in [4.69, 9.17) is 34.7 Å². The molecule has 0 fully saturated rings. The Labute approximate surface area is 325 Å². The molecule has 3 atom stereocenters. The predicted molar refractivity (Wildman–Crippen MR) is 204 cm³/mol. The van der Waals surface area contributed by atoms with Crippen molar-refractivity contribution in [3.05, 3.63) is 87.2 Å². The number of likely N-dealkylation sites (N-methyl/N-ethyl adjacent to an activating group) is 1. The summed E-state index contributed by atoms with van der Waals surface area (Å²) in [6.45, 7) is 0.237. The smallest absolute Gasteiger partial charge is 0.361 e. The van der Waals surface area contributed by atoms with Crippen LogP contribution in [0.2, 0.25) is 10.0 Å². The molecule has 4 aromatic rings. The summed E-state index contributed by atoms with van der Waals surface area (Å²) < 4.78 is 43.8. The van der Waals surface area contributed by atoms with Gasteiger partial charge in [-0.25, -0.2) is 4.98 Å². The normalized spacial score (nSPS) is 19.2. The minimum absolute atomic E-state index is 0.0276. The molecule has 11 nitrogen and oxygen atoms in total. The van der Waals surface area contributed by atoms with Gasteiger partial charge in [-0.2, -0.15) is 13.2 Å². The fourth-order valence-electron chi connectivity index (χ4n) is 6.43. The molecule has 8 N–H and O–H groups in total. The number of unbranched alkanes of at least 4 members (excludes halogenated alkanes) is 1. The van der Waals surface area contributed by atoms with Crippen molar-refractivity contribution < 1.29 is 27.6 Å². The molecule has 290 valence electrons. The minimum atomic E-state index is -4.79. The number of alkyl halides is 3. The molecule has 5 rings (SSSR count). The van der Waals surface area contributed by atoms with Crippen LogP contribution in [-0.4, -0.2) is 70.9 Å². The average molecular weight is 808 g/mol. The van der Waals surface area contributed by atoms with E-state index in [2.05, 4.69) is 25.9 Å². The molecule has 1 aliphatic heterocycles. The van der Waals surface area contributed by atoms with E-state index < -0.39 is 54.1 Å². The Kier molecular flexibility index (Phi) is 14.3. The highest BCUT2D eigenvalue weighted by Crippen LogP contribution is 2.43. The summed E-state index contributed by atoms with van der Waals surface area (Å²) in [5, 5.41) is 10.4. The topological polar surface area (TPSA) is 171 Å². The zero-order valence-electron chi connectivity index (χ0n) is 29.6. The van der Waals surface area contributed by atoms with E-state index in [0.29, 0.717) is 65.3 Å². The van der Waals surface area contributed by atoms with Crippen molar-refractivity contribution in [2.24, 2.45) is 11.5 Å². The van der Waals surface area contributed by atoms with Gasteiger partial charge in [-0.15, -0.1) is 0 Å². The van der Waals surface area contributed by atoms with Crippen molar-refractivity contribution in [2.75, 3.05) is 20.1 Å². The maximum Gasteiger partial charge on any atom is 0.416 e. The highest BCUT2D eigenvalue weighted by molar-refractivity contribution is 7.99. The molecule has 1 aliphatic rings. The number of aromatic amines is 1. The first-order valence-corrected chi connectivity index (χ1v) is 19.1. The summed E-state index contributed by atoms with van der Waals surface area (Å²) in [6.07, 6.45) is 0.537. The third-order valence-electron chi connectivity index (χ3n) is 9.38. The number of carbonyl (C=O) groups is 3. The van der Waals surface area contributed by atoms with Crippen LogP contribution in [0, 0.1) is 0 Å². The number of benzene rings is 2. The molecule has 1 unspecified atom stereocenters. The van der Waals surface area contributed by atoms with Crippen molar-refractivity contribution >= 4 is 63.6 Å². The number of carbonyl (C=O) groups excluding carboxylic acids is 3. The summed E-state index contributed by atoms with van der Waals surface area (Å²) >= 11 is 13.8. The SMILES string of the molecule is CN1C(=O)C(CCCCN)NC(=O)[C@H](CCCN)NCc2cccnc2Sc2c(Cl)ccc(C(F)(F)F)c2CNC(=O)[C@@H]1Cc1c[nH]c2ccc(Cl)cc12. The molecule has 0 bridgehead atoms. The molecule has 54 heavy (non-hydrogen) atoms. The Hall–Kier alpha value is -3.86. The second-order valence-electron chi connectivity index (χ2n) is 13.1. The quantitative estimate of drug-likeness (QED) is 0.120. The Morgan fingerprint density at radius 3 is 2.46 bits per heavy atom. The number of halogens is 5. The van der Waals surface area contributed by atoms with Crippen LogP contribution < -0.4 is 27.4 Å². The van der Waals surface area contributed by atoms with Gasteiger partial charge in [0, 0.05) is 59.8 Å². The second kappa shape index (κ2) is 18.7. The maximum atomic E-state index is 14.6. The molecular formula is C37H43Cl2F3N8O3S. The van der Waals surface area contributed by atoms with Crippen molar-refractivity contribution in [3.8, 4) is 0 Å². The van der Waals surface area contributed by atoms with Crippen LogP contribution in [0.5, 0.6) is 0 Å². The van der Waals surface area contributed by atoms with Gasteiger partial charge in [0.25, 0.3) is 0 Å². The summed E-state index contributed by atoms with van der Waals surface area (Å²) in [5.41, 5.74) is 12.3. The fourth-order valence-corrected chi connectivity index (χ4v) is 7.94. The van der Waals surface area contributed by atoms with Gasteiger partial charge in [-0.1, -0.05) is 41.0 Å². The van der Waals surface area contributed by atoms with E-state index in [-0.39, 0.29) is 34.9 Å². The summed E-state index contributed by atoms with van der Waals surface area (Å²) in [4.78, 5) is 51.5. The van der Waals surface area contributed by atoms with E-state index in [1.807, 2.05) is 0 Å². The molecule has 0 spiro atoms. The number of fused-ring (bicyclic) bond motifs is 3. The van der Waals surface area contributed by atoms with E-state index in [1.54, 1.807) is 36.5 Å². The Morgan fingerprint density at radius 2 is 1.72 bits per heavy atom. The number of rotatable bonds is 9. The number of H-pyrrole nitrogens is 1. The van der Waals surface area contributed by atoms with Gasteiger partial charge < -0.3 is 37.3 Å². The highest BCUT2D eigenvalue weighted by atomic mass is 35.5. The second-order valence-corrected chi connectivity index (χ2v) is 14.9. The molecule has 0 saturated heterocycles. The van der Waals surface area contributed by atoms with Crippen LogP contribution in [0.1, 0.15) is 54.4 Å². The first-order valence-electron chi connectivity index (χ1n) is 17.6. The number of amides is 3. The van der Waals surface area contributed by atoms with Gasteiger partial charge in [0.1, 0.15) is 17.1 Å². The van der Waals surface area contributed by atoms with Crippen molar-refractivity contribution in [1.29, 1.82) is 0 Å². The molecular weight excluding hydrogens is 764 g/mol. The summed E-state index contributed by atoms with van der Waals surface area (Å²) in [7, 11) is 1.44. The third-order valence-corrected chi connectivity index (χ3v) is 11.3. The van der Waals surface area contributed by atoms with Gasteiger partial charge in [-0.3, -0.25) is 14.4 Å². The van der Waals surface area contributed by atoms with Gasteiger partial charge >= 0.3 is 6.18 Å². The maximum absolute atomic E-state index is 14.6. The van der Waals surface area contributed by atoms with Crippen molar-refractivity contribution in [2.45, 2.75) is 85.8 Å². The van der Waals surface area contributed by atoms with Gasteiger partial charge in [0.2, 0.25) is 17.7 Å². The molecule has 0 saturated carbocycles. The first-order chi connectivity index (χ1) is 25.8. The highest BCUT2D eigenvalue weighted by Gasteiger charge is 2.37. The third kappa shape index (κ3) is 10.1. The minimum Gasteiger partial charge on any atom is -0.361 e. The summed E-state index contributed by atoms with van der Waals surface area (Å²) in [6, 6.07) is 7.62. The van der Waals surface area contributed by atoms with Gasteiger partial charge in [-0.05, 0) is 98.3 Å². The van der Waals surface area contributed by atoms with E-state index in [0.717, 1.165) is 29.4 Å². The molecule has 2 aromatic heterocycles. The number of hydrogen-bond donors (Lipinski definition) is 6. The molecule has 3 heterocycles. The number of aromatic nitrogens is 2. The lowest BCUT2D eigenvalue weighted by Crippen LogP contribution is -2.57. The van der Waals surface area contributed by atoms with E-state index >= 15 is 0 Å². The Balaban J connectivity index is 1.63. The van der Waals surface area contributed by atoms with E-state index in [1.165, 1.54) is 18.1 Å². The van der Waals surface area contributed by atoms with Crippen LogP contribution in [0.4, 0.5) is 13.2 Å². The Morgan fingerprint density at radius 1 is 0.963 bits per heavy atom. The summed E-state index contributed by atoms with van der Waals surface area (Å²) in [5.74, 6) is -1.71. The monoisotopic (exact) mass is 806 g/mol. The van der Waals surface area contributed by atoms with Gasteiger partial charge in [0.15, 0.2) is 0 Å². The van der Waals surface area contributed by atoms with Gasteiger partial charge in [0.05, 0.1) is 16.6 Å². The lowest BCUT2D eigenvalue weighted by molar-refractivity contribution is -0.142. The lowest BCUT2D eigenvalue weighted by atomic mass is 10.0. The molecule has 0 radical (unpaired) electrons. The zero-order valence-corrected chi connectivity index (χ0v) is 31.9. The number of pyridine rings is 1. The van der Waals surface area contributed by atoms with Crippen molar-refractivity contribution in [3.63, 3.8) is 0 Å². The van der Waals surface area contributed by atoms with Crippen LogP contribution >= 0.6 is 35.0 Å². The molecule has 3 amide bonds. The van der Waals surface area contributed by atoms with Crippen LogP contribution in [-0.2, 0) is 40.1 Å². The number of nitrogens with zero attached hydrogens (tertiary/aromatic N) is 2. The average Bonchev–Trinajstić information content (AvgIpc) is 3.53. The zero-order chi connectivity index (χ0) is 39.0. The number of nitrogens with two attached hydrogens (primary N) is 2. The van der Waals surface area contributed by atoms with Crippen LogP contribution in [0.25, 0.3) is 10.9 Å². The van der Waals surface area contributed by atoms with E-state index in [9.17, 15) is 27.6 Å². The lowest BCUT2D eigenvalue weighted by Gasteiger charge is -2.32. The molecule has 2 aromatic carbocycles. The van der Waals surface area contributed by atoms with Crippen LogP contribution in [0.15, 0.2) is 64.8 Å². The number of hydrogen-bond acceptors (Lipinski definition) is 8. The fraction of sp³-hybridized carbons (Fsp3) is 0.405. The number of nitrogens with one attached hydrogen (secondary N) is 4. The standard InChI is InChI=1S/C37H43Cl2F3N8O3S/c1-50-31(16-22-19-46-28-12-9-23(38)17-24(22)28)34(52)48-20-25-26(37(40,41)42)10-11-27(39)32(25)54-35-21(6-5-15-45-35)18-47-29(8-4-14-44)33(51)49-30(36(50)53)7-2-3-13-43/h5-6,9-12,15,17,19,29-31,46-47H,2-4,7-8,13-14,16,18,20,43-44H2,1H3,(H,48,52)(H,49,51)/t29-,30?,31-/m0/s1. The van der Waals surface area contributed by atoms with Crippen molar-refractivity contribution in [1.82, 2.24) is 30.8 Å². The predicted octanol–water partition coefficient (Wildman–Crippen LogP) is 5.55. The van der Waals surface area contributed by atoms with Crippen LogP contribution in [0.3, 0.4) is 0 Å². The Bertz CT molecular complexity index is 1960. The molecule has 17 heteroatoms. The molecule has 0 aliphatic carbocycles. The largest absolute Gasteiger partial charge is 0.416 e.